The fraction of sp³-hybridized carbons (Fsp3) is 0.562. The molecule has 106 valence electrons. The zero-order chi connectivity index (χ0) is 15.0. The molecule has 1 aromatic carbocycles. The minimum absolute atomic E-state index is 0.148. The van der Waals surface area contributed by atoms with Gasteiger partial charge in [0.2, 0.25) is 0 Å². The maximum atomic E-state index is 11.6. The lowest BCUT2D eigenvalue weighted by atomic mass is 9.76. The lowest BCUT2D eigenvalue weighted by molar-refractivity contribution is -0.150. The number of nitrogens with zero attached hydrogens (tertiary/aromatic N) is 1. The molecule has 1 atom stereocenters. The third-order valence-electron chi connectivity index (χ3n) is 3.76. The van der Waals surface area contributed by atoms with Crippen LogP contribution in [0.15, 0.2) is 12.1 Å². The van der Waals surface area contributed by atoms with E-state index in [9.17, 15) is 9.90 Å². The van der Waals surface area contributed by atoms with Gasteiger partial charge in [0.15, 0.2) is 0 Å². The highest BCUT2D eigenvalue weighted by atomic mass is 16.4. The van der Waals surface area contributed by atoms with Crippen molar-refractivity contribution in [3.8, 4) is 0 Å². The van der Waals surface area contributed by atoms with E-state index in [2.05, 4.69) is 32.9 Å². The summed E-state index contributed by atoms with van der Waals surface area (Å²) in [5.74, 6) is -0.773. The topological polar surface area (TPSA) is 40.5 Å². The Hall–Kier alpha value is -1.35. The predicted molar refractivity (Wildman–Crippen MR) is 78.5 cm³/mol. The summed E-state index contributed by atoms with van der Waals surface area (Å²) in [6.45, 7) is 9.77. The van der Waals surface area contributed by atoms with Crippen LogP contribution in [0, 0.1) is 26.2 Å². The van der Waals surface area contributed by atoms with Crippen LogP contribution >= 0.6 is 0 Å². The number of carboxylic acid groups (broad SMARTS) is 1. The zero-order valence-electron chi connectivity index (χ0n) is 13.0. The van der Waals surface area contributed by atoms with E-state index < -0.39 is 11.4 Å². The van der Waals surface area contributed by atoms with Gasteiger partial charge in [-0.05, 0) is 65.4 Å². The van der Waals surface area contributed by atoms with E-state index in [4.69, 9.17) is 0 Å². The molecule has 0 aromatic heterocycles. The van der Waals surface area contributed by atoms with Crippen molar-refractivity contribution in [1.82, 2.24) is 4.90 Å². The second kappa shape index (κ2) is 5.33. The number of aliphatic carboxylic acids is 1. The molecule has 1 aromatic rings. The van der Waals surface area contributed by atoms with Gasteiger partial charge in [-0.15, -0.1) is 0 Å². The van der Waals surface area contributed by atoms with E-state index in [0.717, 1.165) is 16.7 Å². The van der Waals surface area contributed by atoms with Crippen LogP contribution in [0.5, 0.6) is 0 Å². The molecule has 0 saturated carbocycles. The molecule has 0 aliphatic carbocycles. The van der Waals surface area contributed by atoms with Crippen LogP contribution < -0.4 is 0 Å². The second-order valence-electron chi connectivity index (χ2n) is 6.21. The fourth-order valence-corrected chi connectivity index (χ4v) is 3.00. The van der Waals surface area contributed by atoms with Crippen LogP contribution in [0.1, 0.15) is 42.1 Å². The van der Waals surface area contributed by atoms with Gasteiger partial charge in [0.25, 0.3) is 0 Å². The zero-order valence-corrected chi connectivity index (χ0v) is 13.0. The number of carboxylic acids is 1. The summed E-state index contributed by atoms with van der Waals surface area (Å²) < 4.78 is 0. The molecular formula is C16H25NO2. The van der Waals surface area contributed by atoms with E-state index in [-0.39, 0.29) is 6.04 Å². The van der Waals surface area contributed by atoms with Gasteiger partial charge in [-0.2, -0.15) is 0 Å². The smallest absolute Gasteiger partial charge is 0.311 e. The lowest BCUT2D eigenvalue weighted by Gasteiger charge is -2.37. The first-order valence-corrected chi connectivity index (χ1v) is 6.56. The minimum atomic E-state index is -0.839. The quantitative estimate of drug-likeness (QED) is 0.906. The molecule has 0 aliphatic rings. The predicted octanol–water partition coefficient (Wildman–Crippen LogP) is 3.33. The molecule has 0 aliphatic heterocycles. The van der Waals surface area contributed by atoms with Gasteiger partial charge in [-0.1, -0.05) is 17.7 Å². The van der Waals surface area contributed by atoms with Crippen molar-refractivity contribution in [3.05, 3.63) is 34.4 Å². The minimum Gasteiger partial charge on any atom is -0.481 e. The average Bonchev–Trinajstić information content (AvgIpc) is 2.21. The van der Waals surface area contributed by atoms with E-state index in [1.165, 1.54) is 5.56 Å². The standard InChI is InChI=1S/C16H25NO2/c1-10-8-11(2)13(12(3)9-10)14(17(6)7)16(4,5)15(18)19/h8-9,14H,1-7H3,(H,18,19). The van der Waals surface area contributed by atoms with Gasteiger partial charge >= 0.3 is 5.97 Å². The fourth-order valence-electron chi connectivity index (χ4n) is 3.00. The maximum absolute atomic E-state index is 11.6. The molecule has 3 heteroatoms. The summed E-state index contributed by atoms with van der Waals surface area (Å²) in [7, 11) is 3.88. The number of benzene rings is 1. The Balaban J connectivity index is 3.49. The second-order valence-corrected chi connectivity index (χ2v) is 6.21. The third kappa shape index (κ3) is 2.98. The molecule has 0 amide bonds. The molecule has 0 spiro atoms. The van der Waals surface area contributed by atoms with Crippen molar-refractivity contribution in [2.24, 2.45) is 5.41 Å². The Bertz CT molecular complexity index is 467. The SMILES string of the molecule is Cc1cc(C)c(C(N(C)C)C(C)(C)C(=O)O)c(C)c1. The van der Waals surface area contributed by atoms with Crippen molar-refractivity contribution < 1.29 is 9.90 Å². The molecule has 0 fully saturated rings. The van der Waals surface area contributed by atoms with Crippen molar-refractivity contribution in [1.29, 1.82) is 0 Å². The van der Waals surface area contributed by atoms with Crippen LogP contribution in [0.4, 0.5) is 0 Å². The molecule has 0 bridgehead atoms. The van der Waals surface area contributed by atoms with Crippen LogP contribution in [-0.4, -0.2) is 30.1 Å². The highest BCUT2D eigenvalue weighted by Crippen LogP contribution is 2.40. The third-order valence-corrected chi connectivity index (χ3v) is 3.76. The van der Waals surface area contributed by atoms with E-state index >= 15 is 0 Å². The van der Waals surface area contributed by atoms with Gasteiger partial charge in [0.1, 0.15) is 0 Å². The number of carbonyl (C=O) groups is 1. The first-order valence-electron chi connectivity index (χ1n) is 6.56. The molecule has 1 N–H and O–H groups in total. The number of hydrogen-bond acceptors (Lipinski definition) is 2. The Morgan fingerprint density at radius 2 is 1.58 bits per heavy atom. The number of hydrogen-bond donors (Lipinski definition) is 1. The van der Waals surface area contributed by atoms with Crippen LogP contribution in [-0.2, 0) is 4.79 Å². The largest absolute Gasteiger partial charge is 0.481 e. The van der Waals surface area contributed by atoms with Crippen LogP contribution in [0.2, 0.25) is 0 Å². The number of aryl methyl sites for hydroxylation is 3. The van der Waals surface area contributed by atoms with Crippen molar-refractivity contribution in [2.75, 3.05) is 14.1 Å². The summed E-state index contributed by atoms with van der Waals surface area (Å²) >= 11 is 0. The van der Waals surface area contributed by atoms with Gasteiger partial charge in [-0.3, -0.25) is 4.79 Å². The monoisotopic (exact) mass is 263 g/mol. The Labute approximate surface area is 116 Å². The van der Waals surface area contributed by atoms with Crippen LogP contribution in [0.3, 0.4) is 0 Å². The van der Waals surface area contributed by atoms with Gasteiger partial charge in [0.05, 0.1) is 11.5 Å². The summed E-state index contributed by atoms with van der Waals surface area (Å²) in [6, 6.07) is 4.10. The lowest BCUT2D eigenvalue weighted by Crippen LogP contribution is -2.40. The normalized spacial score (nSPS) is 13.7. The first-order chi connectivity index (χ1) is 8.59. The molecule has 1 rings (SSSR count). The molecular weight excluding hydrogens is 238 g/mol. The average molecular weight is 263 g/mol. The number of rotatable bonds is 4. The van der Waals surface area contributed by atoms with Crippen molar-refractivity contribution in [3.63, 3.8) is 0 Å². The van der Waals surface area contributed by atoms with Crippen molar-refractivity contribution >= 4 is 5.97 Å². The highest BCUT2D eigenvalue weighted by molar-refractivity contribution is 5.75. The molecule has 0 saturated heterocycles. The van der Waals surface area contributed by atoms with E-state index in [1.54, 1.807) is 13.8 Å². The summed E-state index contributed by atoms with van der Waals surface area (Å²) in [6.07, 6.45) is 0. The van der Waals surface area contributed by atoms with Gasteiger partial charge in [-0.25, -0.2) is 0 Å². The van der Waals surface area contributed by atoms with E-state index in [1.807, 2.05) is 19.0 Å². The molecule has 3 nitrogen and oxygen atoms in total. The van der Waals surface area contributed by atoms with E-state index in [0.29, 0.717) is 0 Å². The summed E-state index contributed by atoms with van der Waals surface area (Å²) in [5, 5.41) is 9.53. The molecule has 0 radical (unpaired) electrons. The highest BCUT2D eigenvalue weighted by Gasteiger charge is 2.40. The van der Waals surface area contributed by atoms with Crippen molar-refractivity contribution in [2.45, 2.75) is 40.7 Å². The molecule has 1 unspecified atom stereocenters. The Morgan fingerprint density at radius 3 is 1.89 bits per heavy atom. The van der Waals surface area contributed by atoms with Gasteiger partial charge < -0.3 is 10.0 Å². The maximum Gasteiger partial charge on any atom is 0.311 e. The molecule has 19 heavy (non-hydrogen) atoms. The first kappa shape index (κ1) is 15.7. The van der Waals surface area contributed by atoms with Crippen LogP contribution in [0.25, 0.3) is 0 Å². The molecule has 0 heterocycles. The Kier molecular flexibility index (Phi) is 4.41. The van der Waals surface area contributed by atoms with Gasteiger partial charge in [0, 0.05) is 0 Å². The summed E-state index contributed by atoms with van der Waals surface area (Å²) in [5.41, 5.74) is 3.82. The summed E-state index contributed by atoms with van der Waals surface area (Å²) in [4.78, 5) is 13.6. The Morgan fingerprint density at radius 1 is 1.16 bits per heavy atom.